The fourth-order valence-corrected chi connectivity index (χ4v) is 7.10. The van der Waals surface area contributed by atoms with Crippen molar-refractivity contribution in [3.63, 3.8) is 0 Å². The maximum absolute atomic E-state index is 13.0. The molecule has 0 radical (unpaired) electrons. The molecule has 0 saturated heterocycles. The molecule has 6 nitrogen and oxygen atoms in total. The van der Waals surface area contributed by atoms with E-state index in [1.807, 2.05) is 0 Å². The molecule has 0 aliphatic heterocycles. The normalized spacial score (nSPS) is 12.6. The second kappa shape index (κ2) is 32.7. The number of carbonyl (C=O) groups is 2. The van der Waals surface area contributed by atoms with Gasteiger partial charge in [0, 0.05) is 12.8 Å². The molecule has 0 heterocycles. The minimum absolute atomic E-state index is 0.243. The summed E-state index contributed by atoms with van der Waals surface area (Å²) in [6.45, 7) is 5.91. The lowest BCUT2D eigenvalue weighted by Gasteiger charge is -2.20. The molecule has 0 amide bonds. The van der Waals surface area contributed by atoms with Gasteiger partial charge in [-0.25, -0.2) is 4.18 Å². The third-order valence-electron chi connectivity index (χ3n) is 9.49. The molecule has 1 unspecified atom stereocenters. The fraction of sp³-hybridized carbons (Fsp3) is 0.949. The number of hydrogen-bond donors (Lipinski definition) is 1. The average Bonchev–Trinajstić information content (AvgIpc) is 3.00. The Bertz CT molecular complexity index is 750. The number of rotatable bonds is 37. The molecule has 7 heteroatoms. The second-order valence-electron chi connectivity index (χ2n) is 14.0. The summed E-state index contributed by atoms with van der Waals surface area (Å²) in [6.07, 6.45) is 36.4. The topological polar surface area (TPSA) is 97.7 Å². The summed E-state index contributed by atoms with van der Waals surface area (Å²) in [4.78, 5) is 26.1. The highest BCUT2D eigenvalue weighted by Gasteiger charge is 2.34. The average molecular weight is 673 g/mol. The molecule has 0 spiro atoms. The van der Waals surface area contributed by atoms with Gasteiger partial charge in [-0.3, -0.25) is 14.1 Å². The molecule has 0 saturated carbocycles. The van der Waals surface area contributed by atoms with Crippen LogP contribution in [0.1, 0.15) is 226 Å². The Balaban J connectivity index is 4.08. The maximum Gasteiger partial charge on any atom is 0.397 e. The molecule has 1 N–H and O–H groups in total. The van der Waals surface area contributed by atoms with Crippen LogP contribution in [0.2, 0.25) is 0 Å². The van der Waals surface area contributed by atoms with Crippen LogP contribution in [-0.4, -0.2) is 30.6 Å². The zero-order valence-corrected chi connectivity index (χ0v) is 31.5. The third-order valence-corrected chi connectivity index (χ3v) is 10.0. The van der Waals surface area contributed by atoms with E-state index in [1.165, 1.54) is 148 Å². The molecular weight excluding hydrogens is 596 g/mol. The molecule has 0 aromatic carbocycles. The SMILES string of the molecule is CCCCCCCCCCCCCCCCCC(=O)C(C(=O)CCCCCCCCCCCCCCCCC)C(C)OS(=O)(=O)O. The van der Waals surface area contributed by atoms with Crippen LogP contribution < -0.4 is 0 Å². The van der Waals surface area contributed by atoms with Crippen molar-refractivity contribution < 1.29 is 26.7 Å². The molecule has 0 fully saturated rings. The molecule has 274 valence electrons. The molecular formula is C39H76O6S. The first-order valence-electron chi connectivity index (χ1n) is 19.9. The van der Waals surface area contributed by atoms with Gasteiger partial charge in [0.15, 0.2) is 0 Å². The summed E-state index contributed by atoms with van der Waals surface area (Å²) in [6, 6.07) is 0. The first-order chi connectivity index (χ1) is 22.2. The summed E-state index contributed by atoms with van der Waals surface area (Å²) < 4.78 is 36.5. The number of Topliss-reactive ketones (excluding diaryl/α,β-unsaturated/α-hetero) is 2. The Kier molecular flexibility index (Phi) is 32.2. The quantitative estimate of drug-likeness (QED) is 0.0400. The van der Waals surface area contributed by atoms with Gasteiger partial charge in [-0.05, 0) is 19.8 Å². The van der Waals surface area contributed by atoms with E-state index >= 15 is 0 Å². The molecule has 0 bridgehead atoms. The fourth-order valence-electron chi connectivity index (χ4n) is 6.60. The van der Waals surface area contributed by atoms with Gasteiger partial charge >= 0.3 is 10.4 Å². The highest BCUT2D eigenvalue weighted by atomic mass is 32.3. The first kappa shape index (κ1) is 45.2. The molecule has 0 aromatic heterocycles. The van der Waals surface area contributed by atoms with E-state index in [1.54, 1.807) is 0 Å². The highest BCUT2D eigenvalue weighted by Crippen LogP contribution is 2.21. The summed E-state index contributed by atoms with van der Waals surface area (Å²) >= 11 is 0. The first-order valence-corrected chi connectivity index (χ1v) is 21.3. The molecule has 0 aliphatic carbocycles. The van der Waals surface area contributed by atoms with E-state index < -0.39 is 22.4 Å². The van der Waals surface area contributed by atoms with Crippen LogP contribution in [0.25, 0.3) is 0 Å². The number of hydrogen-bond acceptors (Lipinski definition) is 5. The standard InChI is InChI=1S/C39H76O6S/c1-4-6-8-10-12-14-16-18-20-22-24-26-28-30-32-34-37(40)39(36(3)45-46(42,43)44)38(41)35-33-31-29-27-25-23-21-19-17-15-13-11-9-7-5-2/h36,39H,4-35H2,1-3H3,(H,42,43,44). The molecule has 0 aliphatic rings. The van der Waals surface area contributed by atoms with Gasteiger partial charge in [-0.1, -0.05) is 194 Å². The lowest BCUT2D eigenvalue weighted by Crippen LogP contribution is -2.36. The Morgan fingerprint density at radius 3 is 0.891 bits per heavy atom. The van der Waals surface area contributed by atoms with Crippen molar-refractivity contribution in [1.82, 2.24) is 0 Å². The predicted octanol–water partition coefficient (Wildman–Crippen LogP) is 12.5. The van der Waals surface area contributed by atoms with E-state index in [-0.39, 0.29) is 24.4 Å². The Hall–Kier alpha value is -0.790. The minimum Gasteiger partial charge on any atom is -0.299 e. The molecule has 0 rings (SSSR count). The van der Waals surface area contributed by atoms with Crippen LogP contribution >= 0.6 is 0 Å². The van der Waals surface area contributed by atoms with Gasteiger partial charge in [0.2, 0.25) is 0 Å². The van der Waals surface area contributed by atoms with Crippen molar-refractivity contribution >= 4 is 22.0 Å². The summed E-state index contributed by atoms with van der Waals surface area (Å²) in [7, 11) is -4.74. The second-order valence-corrected chi connectivity index (χ2v) is 15.1. The van der Waals surface area contributed by atoms with Gasteiger partial charge < -0.3 is 0 Å². The monoisotopic (exact) mass is 673 g/mol. The Morgan fingerprint density at radius 1 is 0.457 bits per heavy atom. The van der Waals surface area contributed by atoms with Gasteiger partial charge in [-0.2, -0.15) is 8.42 Å². The minimum atomic E-state index is -4.74. The van der Waals surface area contributed by atoms with E-state index in [0.29, 0.717) is 12.8 Å². The van der Waals surface area contributed by atoms with Crippen LogP contribution in [0, 0.1) is 5.92 Å². The molecule has 1 atom stereocenters. The predicted molar refractivity (Wildman–Crippen MR) is 195 cm³/mol. The molecule has 46 heavy (non-hydrogen) atoms. The summed E-state index contributed by atoms with van der Waals surface area (Å²) in [5.74, 6) is -1.67. The van der Waals surface area contributed by atoms with E-state index in [0.717, 1.165) is 38.5 Å². The van der Waals surface area contributed by atoms with Crippen molar-refractivity contribution in [3.8, 4) is 0 Å². The van der Waals surface area contributed by atoms with Crippen molar-refractivity contribution in [2.24, 2.45) is 5.92 Å². The van der Waals surface area contributed by atoms with E-state index in [2.05, 4.69) is 18.0 Å². The van der Waals surface area contributed by atoms with Crippen LogP contribution in [-0.2, 0) is 24.2 Å². The van der Waals surface area contributed by atoms with Crippen LogP contribution in [0.5, 0.6) is 0 Å². The van der Waals surface area contributed by atoms with Crippen molar-refractivity contribution in [1.29, 1.82) is 0 Å². The smallest absolute Gasteiger partial charge is 0.299 e. The van der Waals surface area contributed by atoms with Crippen molar-refractivity contribution in [2.45, 2.75) is 232 Å². The van der Waals surface area contributed by atoms with Crippen LogP contribution in [0.4, 0.5) is 0 Å². The highest BCUT2D eigenvalue weighted by molar-refractivity contribution is 7.80. The van der Waals surface area contributed by atoms with Gasteiger partial charge in [0.05, 0.1) is 6.10 Å². The van der Waals surface area contributed by atoms with E-state index in [9.17, 15) is 18.0 Å². The number of unbranched alkanes of at least 4 members (excludes halogenated alkanes) is 28. The zero-order valence-electron chi connectivity index (χ0n) is 30.7. The van der Waals surface area contributed by atoms with Crippen molar-refractivity contribution in [2.75, 3.05) is 0 Å². The summed E-state index contributed by atoms with van der Waals surface area (Å²) in [5, 5.41) is 0. The lowest BCUT2D eigenvalue weighted by molar-refractivity contribution is -0.136. The van der Waals surface area contributed by atoms with Crippen molar-refractivity contribution in [3.05, 3.63) is 0 Å². The third kappa shape index (κ3) is 30.5. The van der Waals surface area contributed by atoms with Gasteiger partial charge in [-0.15, -0.1) is 0 Å². The van der Waals surface area contributed by atoms with Crippen LogP contribution in [0.3, 0.4) is 0 Å². The number of ketones is 2. The maximum atomic E-state index is 13.0. The van der Waals surface area contributed by atoms with Gasteiger partial charge in [0.1, 0.15) is 17.5 Å². The summed E-state index contributed by atoms with van der Waals surface area (Å²) in [5.41, 5.74) is 0. The number of carbonyl (C=O) groups excluding carboxylic acids is 2. The zero-order chi connectivity index (χ0) is 34.1. The lowest BCUT2D eigenvalue weighted by atomic mass is 9.88. The van der Waals surface area contributed by atoms with E-state index in [4.69, 9.17) is 4.55 Å². The largest absolute Gasteiger partial charge is 0.397 e. The Morgan fingerprint density at radius 2 is 0.674 bits per heavy atom. The molecule has 0 aromatic rings. The van der Waals surface area contributed by atoms with Gasteiger partial charge in [0.25, 0.3) is 0 Å². The Labute approximate surface area is 286 Å². The van der Waals surface area contributed by atoms with Crippen LogP contribution in [0.15, 0.2) is 0 Å².